The number of rotatable bonds is 3. The van der Waals surface area contributed by atoms with Crippen molar-refractivity contribution in [3.63, 3.8) is 0 Å². The monoisotopic (exact) mass is 236 g/mol. The van der Waals surface area contributed by atoms with E-state index in [0.29, 0.717) is 17.9 Å². The molecule has 0 aliphatic carbocycles. The number of carbonyl (C=O) groups is 1. The van der Waals surface area contributed by atoms with Gasteiger partial charge in [0.2, 0.25) is 0 Å². The second-order valence-corrected chi connectivity index (χ2v) is 3.04. The second kappa shape index (κ2) is 6.54. The molecule has 1 aromatic carbocycles. The SMILES string of the molecule is CCOC(=O)C#Cc1cc(F)ccc1OCC. The summed E-state index contributed by atoms with van der Waals surface area (Å²) < 4.78 is 22.9. The molecule has 90 valence electrons. The molecule has 1 aromatic rings. The summed E-state index contributed by atoms with van der Waals surface area (Å²) in [5, 5.41) is 0. The van der Waals surface area contributed by atoms with Crippen molar-refractivity contribution in [3.8, 4) is 17.6 Å². The standard InChI is InChI=1S/C13H13FO3/c1-3-16-12-7-6-11(14)9-10(12)5-8-13(15)17-4-2/h6-7,9H,3-4H2,1-2H3. The molecule has 0 amide bonds. The molecule has 0 saturated heterocycles. The number of carbonyl (C=O) groups excluding carboxylic acids is 1. The summed E-state index contributed by atoms with van der Waals surface area (Å²) in [6, 6.07) is 3.98. The quantitative estimate of drug-likeness (QED) is 0.595. The van der Waals surface area contributed by atoms with Crippen LogP contribution in [-0.4, -0.2) is 19.2 Å². The van der Waals surface area contributed by atoms with Crippen molar-refractivity contribution >= 4 is 5.97 Å². The normalized spacial score (nSPS) is 9.12. The molecule has 0 unspecified atom stereocenters. The Hall–Kier alpha value is -2.02. The third kappa shape index (κ3) is 4.15. The first-order chi connectivity index (χ1) is 8.17. The van der Waals surface area contributed by atoms with Gasteiger partial charge in [0.1, 0.15) is 11.6 Å². The van der Waals surface area contributed by atoms with Gasteiger partial charge >= 0.3 is 5.97 Å². The van der Waals surface area contributed by atoms with Gasteiger partial charge < -0.3 is 9.47 Å². The first-order valence-corrected chi connectivity index (χ1v) is 5.28. The van der Waals surface area contributed by atoms with Crippen molar-refractivity contribution in [2.75, 3.05) is 13.2 Å². The molecule has 0 saturated carbocycles. The minimum atomic E-state index is -0.640. The Balaban J connectivity index is 2.95. The van der Waals surface area contributed by atoms with Gasteiger partial charge in [0.05, 0.1) is 18.8 Å². The van der Waals surface area contributed by atoms with Crippen molar-refractivity contribution in [1.29, 1.82) is 0 Å². The van der Waals surface area contributed by atoms with E-state index >= 15 is 0 Å². The Labute approximate surface area is 99.5 Å². The molecular weight excluding hydrogens is 223 g/mol. The van der Waals surface area contributed by atoms with Gasteiger partial charge in [-0.15, -0.1) is 0 Å². The van der Waals surface area contributed by atoms with Crippen LogP contribution in [0.25, 0.3) is 0 Å². The minimum Gasteiger partial charge on any atom is -0.493 e. The lowest BCUT2D eigenvalue weighted by molar-refractivity contribution is -0.136. The molecule has 0 aliphatic heterocycles. The number of hydrogen-bond acceptors (Lipinski definition) is 3. The van der Waals surface area contributed by atoms with Crippen LogP contribution in [0.4, 0.5) is 4.39 Å². The summed E-state index contributed by atoms with van der Waals surface area (Å²) in [4.78, 5) is 11.0. The third-order valence-electron chi connectivity index (χ3n) is 1.82. The molecule has 0 aliphatic rings. The Morgan fingerprint density at radius 2 is 2.12 bits per heavy atom. The summed E-state index contributed by atoms with van der Waals surface area (Å²) in [5.74, 6) is 4.18. The van der Waals surface area contributed by atoms with E-state index in [-0.39, 0.29) is 6.61 Å². The number of esters is 1. The molecule has 1 rings (SSSR count). The van der Waals surface area contributed by atoms with E-state index < -0.39 is 11.8 Å². The first kappa shape index (κ1) is 13.0. The number of halogens is 1. The van der Waals surface area contributed by atoms with Gasteiger partial charge in [-0.1, -0.05) is 5.92 Å². The van der Waals surface area contributed by atoms with Crippen LogP contribution in [0.2, 0.25) is 0 Å². The van der Waals surface area contributed by atoms with E-state index in [4.69, 9.17) is 4.74 Å². The van der Waals surface area contributed by atoms with Crippen LogP contribution in [0.5, 0.6) is 5.75 Å². The average molecular weight is 236 g/mol. The molecule has 0 heterocycles. The van der Waals surface area contributed by atoms with E-state index in [1.165, 1.54) is 18.2 Å². The van der Waals surface area contributed by atoms with E-state index in [1.807, 2.05) is 6.92 Å². The van der Waals surface area contributed by atoms with Gasteiger partial charge in [0.25, 0.3) is 0 Å². The van der Waals surface area contributed by atoms with Crippen LogP contribution in [0.3, 0.4) is 0 Å². The van der Waals surface area contributed by atoms with Crippen LogP contribution in [0, 0.1) is 17.7 Å². The number of benzene rings is 1. The molecule has 0 aromatic heterocycles. The zero-order chi connectivity index (χ0) is 12.7. The highest BCUT2D eigenvalue weighted by Gasteiger charge is 2.03. The fourth-order valence-electron chi connectivity index (χ4n) is 1.17. The van der Waals surface area contributed by atoms with E-state index in [1.54, 1.807) is 6.92 Å². The highest BCUT2D eigenvalue weighted by atomic mass is 19.1. The van der Waals surface area contributed by atoms with E-state index in [2.05, 4.69) is 16.6 Å². The van der Waals surface area contributed by atoms with E-state index in [0.717, 1.165) is 0 Å². The molecule has 4 heteroatoms. The summed E-state index contributed by atoms with van der Waals surface area (Å²) in [6.07, 6.45) is 0. The molecule has 0 spiro atoms. The first-order valence-electron chi connectivity index (χ1n) is 5.28. The topological polar surface area (TPSA) is 35.5 Å². The van der Waals surface area contributed by atoms with Crippen LogP contribution in [0.1, 0.15) is 19.4 Å². The van der Waals surface area contributed by atoms with Gasteiger partial charge in [0, 0.05) is 5.92 Å². The Morgan fingerprint density at radius 1 is 1.35 bits per heavy atom. The van der Waals surface area contributed by atoms with Gasteiger partial charge in [-0.05, 0) is 32.0 Å². The van der Waals surface area contributed by atoms with Crippen molar-refractivity contribution < 1.29 is 18.7 Å². The van der Waals surface area contributed by atoms with Gasteiger partial charge in [0.15, 0.2) is 0 Å². The summed E-state index contributed by atoms with van der Waals surface area (Å²) in [6.45, 7) is 4.20. The van der Waals surface area contributed by atoms with Gasteiger partial charge in [-0.25, -0.2) is 9.18 Å². The molecule has 0 fully saturated rings. The Bertz CT molecular complexity index is 457. The lowest BCUT2D eigenvalue weighted by Crippen LogP contribution is -2.00. The van der Waals surface area contributed by atoms with Crippen molar-refractivity contribution in [2.24, 2.45) is 0 Å². The number of hydrogen-bond donors (Lipinski definition) is 0. The summed E-state index contributed by atoms with van der Waals surface area (Å²) >= 11 is 0. The van der Waals surface area contributed by atoms with Crippen molar-refractivity contribution in [2.45, 2.75) is 13.8 Å². The number of ether oxygens (including phenoxy) is 2. The summed E-state index contributed by atoms with van der Waals surface area (Å²) in [7, 11) is 0. The highest BCUT2D eigenvalue weighted by molar-refractivity contribution is 5.89. The largest absolute Gasteiger partial charge is 0.493 e. The maximum Gasteiger partial charge on any atom is 0.384 e. The minimum absolute atomic E-state index is 0.259. The Morgan fingerprint density at radius 3 is 2.76 bits per heavy atom. The van der Waals surface area contributed by atoms with Crippen LogP contribution >= 0.6 is 0 Å². The van der Waals surface area contributed by atoms with Crippen LogP contribution in [0.15, 0.2) is 18.2 Å². The molecule has 0 N–H and O–H groups in total. The molecular formula is C13H13FO3. The molecule has 0 atom stereocenters. The third-order valence-corrected chi connectivity index (χ3v) is 1.82. The van der Waals surface area contributed by atoms with Crippen molar-refractivity contribution in [3.05, 3.63) is 29.6 Å². The smallest absolute Gasteiger partial charge is 0.384 e. The van der Waals surface area contributed by atoms with Crippen LogP contribution < -0.4 is 4.74 Å². The summed E-state index contributed by atoms with van der Waals surface area (Å²) in [5.41, 5.74) is 0.333. The molecule has 0 radical (unpaired) electrons. The second-order valence-electron chi connectivity index (χ2n) is 3.04. The predicted octanol–water partition coefficient (Wildman–Crippen LogP) is 2.14. The van der Waals surface area contributed by atoms with Gasteiger partial charge in [-0.3, -0.25) is 0 Å². The Kier molecular flexibility index (Phi) is 5.02. The van der Waals surface area contributed by atoms with Crippen molar-refractivity contribution in [1.82, 2.24) is 0 Å². The van der Waals surface area contributed by atoms with Crippen LogP contribution in [-0.2, 0) is 9.53 Å². The van der Waals surface area contributed by atoms with E-state index in [9.17, 15) is 9.18 Å². The zero-order valence-electron chi connectivity index (χ0n) is 9.75. The fourth-order valence-corrected chi connectivity index (χ4v) is 1.17. The molecule has 0 bridgehead atoms. The lowest BCUT2D eigenvalue weighted by atomic mass is 10.2. The maximum absolute atomic E-state index is 13.0. The molecule has 17 heavy (non-hydrogen) atoms. The highest BCUT2D eigenvalue weighted by Crippen LogP contribution is 2.18. The zero-order valence-corrected chi connectivity index (χ0v) is 9.75. The predicted molar refractivity (Wildman–Crippen MR) is 61.1 cm³/mol. The lowest BCUT2D eigenvalue weighted by Gasteiger charge is -2.05. The molecule has 3 nitrogen and oxygen atoms in total. The maximum atomic E-state index is 13.0. The average Bonchev–Trinajstić information content (AvgIpc) is 2.30. The fraction of sp³-hybridized carbons (Fsp3) is 0.308. The van der Waals surface area contributed by atoms with Gasteiger partial charge in [-0.2, -0.15) is 0 Å².